The molecule has 2 aromatic heterocycles. The van der Waals surface area contributed by atoms with Crippen molar-refractivity contribution in [3.05, 3.63) is 82.8 Å². The highest BCUT2D eigenvalue weighted by Crippen LogP contribution is 2.20. The van der Waals surface area contributed by atoms with Crippen molar-refractivity contribution in [3.8, 4) is 0 Å². The average molecular weight is 353 g/mol. The number of amides is 1. The van der Waals surface area contributed by atoms with Crippen LogP contribution in [0.2, 0.25) is 5.02 Å². The topological polar surface area (TPSA) is 66.9 Å². The lowest BCUT2D eigenvalue weighted by Crippen LogP contribution is -2.13. The van der Waals surface area contributed by atoms with Crippen molar-refractivity contribution in [1.29, 1.82) is 0 Å². The van der Waals surface area contributed by atoms with Crippen LogP contribution < -0.4 is 10.6 Å². The van der Waals surface area contributed by atoms with Crippen LogP contribution >= 0.6 is 11.6 Å². The van der Waals surface area contributed by atoms with Gasteiger partial charge in [-0.3, -0.25) is 9.78 Å². The second kappa shape index (κ2) is 7.77. The number of pyridine rings is 2. The van der Waals surface area contributed by atoms with Crippen molar-refractivity contribution < 1.29 is 4.79 Å². The van der Waals surface area contributed by atoms with Crippen molar-refractivity contribution in [1.82, 2.24) is 9.97 Å². The Kier molecular flexibility index (Phi) is 5.26. The monoisotopic (exact) mass is 352 g/mol. The number of nitrogens with one attached hydrogen (secondary N) is 2. The molecule has 0 bridgehead atoms. The van der Waals surface area contributed by atoms with Crippen LogP contribution in [0.25, 0.3) is 0 Å². The van der Waals surface area contributed by atoms with E-state index in [-0.39, 0.29) is 5.91 Å². The largest absolute Gasteiger partial charge is 0.366 e. The quantitative estimate of drug-likeness (QED) is 0.718. The predicted octanol–water partition coefficient (Wildman–Crippen LogP) is 4.30. The fraction of sp³-hybridized carbons (Fsp3) is 0.105. The summed E-state index contributed by atoms with van der Waals surface area (Å²) in [6.45, 7) is 2.54. The van der Waals surface area contributed by atoms with E-state index in [1.807, 2.05) is 25.1 Å². The van der Waals surface area contributed by atoms with E-state index in [1.165, 1.54) is 0 Å². The van der Waals surface area contributed by atoms with Crippen LogP contribution in [0.5, 0.6) is 0 Å². The highest BCUT2D eigenvalue weighted by Gasteiger charge is 2.08. The normalized spacial score (nSPS) is 10.3. The molecule has 0 saturated carbocycles. The summed E-state index contributed by atoms with van der Waals surface area (Å²) < 4.78 is 0. The summed E-state index contributed by atoms with van der Waals surface area (Å²) in [5, 5.41) is 6.71. The maximum absolute atomic E-state index is 12.3. The number of hydrogen-bond donors (Lipinski definition) is 2. The van der Waals surface area contributed by atoms with Crippen molar-refractivity contribution in [2.75, 3.05) is 10.6 Å². The number of rotatable bonds is 5. The maximum Gasteiger partial charge on any atom is 0.257 e. The Labute approximate surface area is 151 Å². The number of nitrogens with zero attached hydrogens (tertiary/aromatic N) is 2. The molecule has 2 N–H and O–H groups in total. The van der Waals surface area contributed by atoms with Gasteiger partial charge in [-0.25, -0.2) is 4.98 Å². The molecule has 0 atom stereocenters. The molecule has 25 heavy (non-hydrogen) atoms. The van der Waals surface area contributed by atoms with E-state index in [2.05, 4.69) is 20.6 Å². The summed E-state index contributed by atoms with van der Waals surface area (Å²) >= 11 is 5.93. The molecule has 0 spiro atoms. The van der Waals surface area contributed by atoms with Crippen molar-refractivity contribution >= 4 is 29.0 Å². The zero-order valence-electron chi connectivity index (χ0n) is 13.7. The molecular weight excluding hydrogens is 336 g/mol. The molecule has 3 aromatic rings. The number of carbonyl (C=O) groups is 1. The minimum atomic E-state index is -0.210. The summed E-state index contributed by atoms with van der Waals surface area (Å²) in [7, 11) is 0. The Morgan fingerprint density at radius 2 is 1.92 bits per heavy atom. The minimum absolute atomic E-state index is 0.210. The predicted molar refractivity (Wildman–Crippen MR) is 99.9 cm³/mol. The van der Waals surface area contributed by atoms with Gasteiger partial charge in [-0.05, 0) is 60.5 Å². The molecule has 5 nitrogen and oxygen atoms in total. The van der Waals surface area contributed by atoms with Crippen LogP contribution in [0.3, 0.4) is 0 Å². The van der Waals surface area contributed by atoms with E-state index in [0.717, 1.165) is 16.8 Å². The van der Waals surface area contributed by atoms with Crippen LogP contribution in [0.1, 0.15) is 21.5 Å². The van der Waals surface area contributed by atoms with Crippen molar-refractivity contribution in [2.45, 2.75) is 13.5 Å². The van der Waals surface area contributed by atoms with Gasteiger partial charge >= 0.3 is 0 Å². The Balaban J connectivity index is 1.62. The molecular formula is C19H17ClN4O. The van der Waals surface area contributed by atoms with Gasteiger partial charge in [-0.15, -0.1) is 0 Å². The summed E-state index contributed by atoms with van der Waals surface area (Å²) in [6, 6.07) is 12.7. The number of aromatic nitrogens is 2. The number of benzene rings is 1. The molecule has 0 unspecified atom stereocenters. The average Bonchev–Trinajstić information content (AvgIpc) is 2.63. The number of carbonyl (C=O) groups excluding carboxylic acids is 1. The minimum Gasteiger partial charge on any atom is -0.366 e. The lowest BCUT2D eigenvalue weighted by Gasteiger charge is -2.09. The Hall–Kier alpha value is -2.92. The third-order valence-electron chi connectivity index (χ3n) is 3.69. The van der Waals surface area contributed by atoms with Gasteiger partial charge in [0.25, 0.3) is 5.91 Å². The first-order valence-corrected chi connectivity index (χ1v) is 8.16. The second-order valence-electron chi connectivity index (χ2n) is 5.55. The summed E-state index contributed by atoms with van der Waals surface area (Å²) in [5.74, 6) is 0.495. The number of halogens is 1. The number of hydrogen-bond acceptors (Lipinski definition) is 4. The van der Waals surface area contributed by atoms with Crippen molar-refractivity contribution in [2.24, 2.45) is 0 Å². The van der Waals surface area contributed by atoms with Crippen LogP contribution in [0, 0.1) is 6.92 Å². The first kappa shape index (κ1) is 16.9. The van der Waals surface area contributed by atoms with Gasteiger partial charge in [0.1, 0.15) is 5.82 Å². The van der Waals surface area contributed by atoms with Gasteiger partial charge in [0.15, 0.2) is 0 Å². The van der Waals surface area contributed by atoms with Crippen LogP contribution in [0.4, 0.5) is 11.5 Å². The zero-order valence-corrected chi connectivity index (χ0v) is 14.4. The lowest BCUT2D eigenvalue weighted by atomic mass is 10.2. The Morgan fingerprint density at radius 1 is 1.12 bits per heavy atom. The third-order valence-corrected chi connectivity index (χ3v) is 3.92. The molecule has 0 fully saturated rings. The van der Waals surface area contributed by atoms with Crippen LogP contribution in [0.15, 0.2) is 61.1 Å². The summed E-state index contributed by atoms with van der Waals surface area (Å²) in [4.78, 5) is 20.6. The molecule has 1 amide bonds. The summed E-state index contributed by atoms with van der Waals surface area (Å²) in [6.07, 6.45) is 5.04. The van der Waals surface area contributed by atoms with Gasteiger partial charge in [0, 0.05) is 35.8 Å². The molecule has 6 heteroatoms. The number of aryl methyl sites for hydroxylation is 1. The molecule has 126 valence electrons. The van der Waals surface area contributed by atoms with E-state index in [4.69, 9.17) is 11.6 Å². The molecule has 1 aromatic carbocycles. The molecule has 3 rings (SSSR count). The molecule has 2 heterocycles. The van der Waals surface area contributed by atoms with E-state index in [0.29, 0.717) is 22.9 Å². The fourth-order valence-corrected chi connectivity index (χ4v) is 2.51. The number of anilines is 2. The highest BCUT2D eigenvalue weighted by atomic mass is 35.5. The van der Waals surface area contributed by atoms with Gasteiger partial charge < -0.3 is 10.6 Å². The van der Waals surface area contributed by atoms with Gasteiger partial charge in [-0.1, -0.05) is 11.6 Å². The van der Waals surface area contributed by atoms with E-state index in [9.17, 15) is 4.79 Å². The first-order chi connectivity index (χ1) is 12.1. The standard InChI is InChI=1S/C19H17ClN4O/c1-13-10-16(20)3-4-17(13)24-19(25)15-2-5-18(23-12-15)22-11-14-6-8-21-9-7-14/h2-10,12H,11H2,1H3,(H,22,23)(H,24,25). The second-order valence-corrected chi connectivity index (χ2v) is 5.99. The molecule has 0 radical (unpaired) electrons. The van der Waals surface area contributed by atoms with Crippen molar-refractivity contribution in [3.63, 3.8) is 0 Å². The van der Waals surface area contributed by atoms with Crippen LogP contribution in [-0.4, -0.2) is 15.9 Å². The van der Waals surface area contributed by atoms with E-state index in [1.54, 1.807) is 42.9 Å². The SMILES string of the molecule is Cc1cc(Cl)ccc1NC(=O)c1ccc(NCc2ccncc2)nc1. The highest BCUT2D eigenvalue weighted by molar-refractivity contribution is 6.30. The lowest BCUT2D eigenvalue weighted by molar-refractivity contribution is 0.102. The van der Waals surface area contributed by atoms with Gasteiger partial charge in [0.05, 0.1) is 5.56 Å². The van der Waals surface area contributed by atoms with E-state index >= 15 is 0 Å². The van der Waals surface area contributed by atoms with Gasteiger partial charge in [-0.2, -0.15) is 0 Å². The molecule has 0 aliphatic rings. The molecule has 0 aliphatic carbocycles. The smallest absolute Gasteiger partial charge is 0.257 e. The summed E-state index contributed by atoms with van der Waals surface area (Å²) in [5.41, 5.74) is 3.24. The van der Waals surface area contributed by atoms with E-state index < -0.39 is 0 Å². The first-order valence-electron chi connectivity index (χ1n) is 7.78. The Morgan fingerprint density at radius 3 is 2.60 bits per heavy atom. The third kappa shape index (κ3) is 4.55. The van der Waals surface area contributed by atoms with Crippen LogP contribution in [-0.2, 0) is 6.54 Å². The zero-order chi connectivity index (χ0) is 17.6. The van der Waals surface area contributed by atoms with Gasteiger partial charge in [0.2, 0.25) is 0 Å². The molecule has 0 saturated heterocycles. The Bertz CT molecular complexity index is 866. The maximum atomic E-state index is 12.3. The molecule has 0 aliphatic heterocycles. The fourth-order valence-electron chi connectivity index (χ4n) is 2.29.